The van der Waals surface area contributed by atoms with Gasteiger partial charge in [0.15, 0.2) is 0 Å². The fourth-order valence-corrected chi connectivity index (χ4v) is 4.02. The second-order valence-electron chi connectivity index (χ2n) is 7.92. The first-order valence-corrected chi connectivity index (χ1v) is 12.5. The average Bonchev–Trinajstić information content (AvgIpc) is 2.63. The van der Waals surface area contributed by atoms with E-state index in [9.17, 15) is 0 Å². The lowest BCUT2D eigenvalue weighted by atomic mass is 10.0. The van der Waals surface area contributed by atoms with E-state index in [1.807, 2.05) is 0 Å². The summed E-state index contributed by atoms with van der Waals surface area (Å²) in [6, 6.07) is 0. The zero-order chi connectivity index (χ0) is 18.4. The molecule has 0 radical (unpaired) electrons. The van der Waals surface area contributed by atoms with E-state index in [1.165, 1.54) is 128 Å². The molecule has 0 bridgehead atoms. The molecule has 0 aromatic carbocycles. The summed E-state index contributed by atoms with van der Waals surface area (Å²) >= 11 is 3.59. The molecule has 0 fully saturated rings. The van der Waals surface area contributed by atoms with E-state index in [-0.39, 0.29) is 0 Å². The molecule has 0 unspecified atom stereocenters. The van der Waals surface area contributed by atoms with Crippen molar-refractivity contribution in [1.82, 2.24) is 0 Å². The van der Waals surface area contributed by atoms with Crippen molar-refractivity contribution in [2.75, 3.05) is 0 Å². The summed E-state index contributed by atoms with van der Waals surface area (Å²) in [5.74, 6) is 0. The van der Waals surface area contributed by atoms with Crippen LogP contribution in [0.5, 0.6) is 0 Å². The van der Waals surface area contributed by atoms with Gasteiger partial charge in [-0.1, -0.05) is 138 Å². The lowest BCUT2D eigenvalue weighted by Crippen LogP contribution is -1.87. The van der Waals surface area contributed by atoms with Crippen molar-refractivity contribution in [1.29, 1.82) is 0 Å². The number of hydrogen-bond acceptors (Lipinski definition) is 0. The van der Waals surface area contributed by atoms with Gasteiger partial charge in [-0.3, -0.25) is 0 Å². The minimum absolute atomic E-state index is 1.32. The first-order chi connectivity index (χ1) is 12.3. The maximum absolute atomic E-state index is 3.59. The summed E-state index contributed by atoms with van der Waals surface area (Å²) in [6.45, 7) is 4.59. The van der Waals surface area contributed by atoms with Crippen LogP contribution in [0.25, 0.3) is 0 Å². The standard InChI is InChI=1S/C24H47Br/c1-3-5-7-9-11-13-14-16-18-20-22-24(23-25)21-19-17-15-12-10-8-6-4-2/h23H,3-22H2,1-2H3. The first kappa shape index (κ1) is 25.2. The second-order valence-corrected chi connectivity index (χ2v) is 8.38. The molecule has 0 saturated heterocycles. The van der Waals surface area contributed by atoms with E-state index >= 15 is 0 Å². The Bertz CT molecular complexity index is 269. The topological polar surface area (TPSA) is 0 Å². The van der Waals surface area contributed by atoms with Crippen LogP contribution < -0.4 is 0 Å². The molecule has 0 spiro atoms. The number of halogens is 1. The molecule has 0 rings (SSSR count). The van der Waals surface area contributed by atoms with E-state index in [0.717, 1.165) is 0 Å². The maximum atomic E-state index is 3.59. The highest BCUT2D eigenvalue weighted by molar-refractivity contribution is 9.11. The highest BCUT2D eigenvalue weighted by atomic mass is 79.9. The Morgan fingerprint density at radius 3 is 1.04 bits per heavy atom. The monoisotopic (exact) mass is 414 g/mol. The average molecular weight is 416 g/mol. The SMILES string of the molecule is CCCCCCCCCCCCC(=CBr)CCCCCCCCCC. The molecule has 0 aliphatic rings. The van der Waals surface area contributed by atoms with Gasteiger partial charge in [0.2, 0.25) is 0 Å². The molecule has 0 aliphatic heterocycles. The zero-order valence-electron chi connectivity index (χ0n) is 17.6. The summed E-state index contributed by atoms with van der Waals surface area (Å²) in [5, 5.41) is 0. The molecule has 0 aromatic rings. The molecule has 0 nitrogen and oxygen atoms in total. The van der Waals surface area contributed by atoms with Crippen LogP contribution in [-0.2, 0) is 0 Å². The van der Waals surface area contributed by atoms with E-state index in [1.54, 1.807) is 5.57 Å². The largest absolute Gasteiger partial charge is 0.0654 e. The molecular formula is C24H47Br. The van der Waals surface area contributed by atoms with Crippen LogP contribution in [0.2, 0.25) is 0 Å². The molecule has 0 heterocycles. The third-order valence-electron chi connectivity index (χ3n) is 5.36. The van der Waals surface area contributed by atoms with Crippen molar-refractivity contribution in [3.8, 4) is 0 Å². The summed E-state index contributed by atoms with van der Waals surface area (Å²) in [4.78, 5) is 2.21. The van der Waals surface area contributed by atoms with Crippen LogP contribution in [-0.4, -0.2) is 0 Å². The van der Waals surface area contributed by atoms with Crippen LogP contribution in [0.4, 0.5) is 0 Å². The normalized spacial score (nSPS) is 12.0. The van der Waals surface area contributed by atoms with E-state index in [0.29, 0.717) is 0 Å². The summed E-state index contributed by atoms with van der Waals surface area (Å²) in [6.07, 6.45) is 28.4. The molecule has 1 heteroatoms. The molecule has 0 N–H and O–H groups in total. The molecule has 0 aromatic heterocycles. The van der Waals surface area contributed by atoms with Crippen LogP contribution in [0.1, 0.15) is 142 Å². The summed E-state index contributed by atoms with van der Waals surface area (Å²) in [7, 11) is 0. The number of hydrogen-bond donors (Lipinski definition) is 0. The molecule has 0 saturated carbocycles. The zero-order valence-corrected chi connectivity index (χ0v) is 19.2. The van der Waals surface area contributed by atoms with Gasteiger partial charge in [-0.25, -0.2) is 0 Å². The fraction of sp³-hybridized carbons (Fsp3) is 0.917. The van der Waals surface area contributed by atoms with Crippen molar-refractivity contribution in [3.63, 3.8) is 0 Å². The van der Waals surface area contributed by atoms with Crippen LogP contribution in [0.3, 0.4) is 0 Å². The van der Waals surface area contributed by atoms with Gasteiger partial charge in [-0.05, 0) is 30.7 Å². The van der Waals surface area contributed by atoms with E-state index < -0.39 is 0 Å². The fourth-order valence-electron chi connectivity index (χ4n) is 3.56. The van der Waals surface area contributed by atoms with Gasteiger partial charge in [0.05, 0.1) is 0 Å². The minimum atomic E-state index is 1.32. The van der Waals surface area contributed by atoms with Crippen LogP contribution >= 0.6 is 15.9 Å². The maximum Gasteiger partial charge on any atom is -0.0197 e. The van der Waals surface area contributed by atoms with Crippen molar-refractivity contribution in [3.05, 3.63) is 10.6 Å². The third kappa shape index (κ3) is 20.4. The molecule has 25 heavy (non-hydrogen) atoms. The number of rotatable bonds is 20. The lowest BCUT2D eigenvalue weighted by molar-refractivity contribution is 0.550. The molecular weight excluding hydrogens is 368 g/mol. The van der Waals surface area contributed by atoms with Crippen molar-refractivity contribution >= 4 is 15.9 Å². The minimum Gasteiger partial charge on any atom is -0.0654 e. The number of unbranched alkanes of at least 4 members (excludes halogenated alkanes) is 16. The van der Waals surface area contributed by atoms with Gasteiger partial charge in [0, 0.05) is 0 Å². The van der Waals surface area contributed by atoms with Crippen molar-refractivity contribution in [2.24, 2.45) is 0 Å². The van der Waals surface area contributed by atoms with Gasteiger partial charge in [-0.15, -0.1) is 0 Å². The van der Waals surface area contributed by atoms with Gasteiger partial charge >= 0.3 is 0 Å². The lowest BCUT2D eigenvalue weighted by Gasteiger charge is -2.07. The quantitative estimate of drug-likeness (QED) is 0.173. The van der Waals surface area contributed by atoms with E-state index in [4.69, 9.17) is 0 Å². The third-order valence-corrected chi connectivity index (χ3v) is 6.00. The Hall–Kier alpha value is 0.220. The van der Waals surface area contributed by atoms with E-state index in [2.05, 4.69) is 34.8 Å². The Kier molecular flexibility index (Phi) is 22.5. The predicted octanol–water partition coefficient (Wildman–Crippen LogP) is 10.1. The molecule has 0 amide bonds. The van der Waals surface area contributed by atoms with Crippen LogP contribution in [0, 0.1) is 0 Å². The first-order valence-electron chi connectivity index (χ1n) is 11.6. The predicted molar refractivity (Wildman–Crippen MR) is 121 cm³/mol. The molecule has 150 valence electrons. The Morgan fingerprint density at radius 2 is 0.760 bits per heavy atom. The van der Waals surface area contributed by atoms with Crippen molar-refractivity contribution < 1.29 is 0 Å². The Balaban J connectivity index is 3.31. The van der Waals surface area contributed by atoms with Gasteiger partial charge in [0.1, 0.15) is 0 Å². The summed E-state index contributed by atoms with van der Waals surface area (Å²) in [5.41, 5.74) is 1.64. The molecule has 0 aliphatic carbocycles. The molecule has 0 atom stereocenters. The van der Waals surface area contributed by atoms with Crippen LogP contribution in [0.15, 0.2) is 10.6 Å². The highest BCUT2D eigenvalue weighted by Gasteiger charge is 1.99. The van der Waals surface area contributed by atoms with Gasteiger partial charge < -0.3 is 0 Å². The Labute approximate surface area is 168 Å². The Morgan fingerprint density at radius 1 is 0.480 bits per heavy atom. The summed E-state index contributed by atoms with van der Waals surface area (Å²) < 4.78 is 0. The van der Waals surface area contributed by atoms with Gasteiger partial charge in [0.25, 0.3) is 0 Å². The van der Waals surface area contributed by atoms with Crippen molar-refractivity contribution in [2.45, 2.75) is 142 Å². The number of allylic oxidation sites excluding steroid dienone is 1. The highest BCUT2D eigenvalue weighted by Crippen LogP contribution is 2.20. The smallest absolute Gasteiger partial charge is 0.0197 e. The second kappa shape index (κ2) is 22.3. The van der Waals surface area contributed by atoms with Gasteiger partial charge in [-0.2, -0.15) is 0 Å².